The first-order valence-corrected chi connectivity index (χ1v) is 7.43. The van der Waals surface area contributed by atoms with Crippen molar-refractivity contribution in [1.82, 2.24) is 0 Å². The first kappa shape index (κ1) is 16.8. The molecule has 1 N–H and O–H groups in total. The van der Waals surface area contributed by atoms with Crippen molar-refractivity contribution < 1.29 is 24.1 Å². The lowest BCUT2D eigenvalue weighted by atomic mass is 10.2. The minimum atomic E-state index is -0.429. The van der Waals surface area contributed by atoms with Gasteiger partial charge in [0, 0.05) is 6.61 Å². The lowest BCUT2D eigenvalue weighted by Crippen LogP contribution is -2.08. The summed E-state index contributed by atoms with van der Waals surface area (Å²) in [5, 5.41) is 8.70. The number of benzene rings is 2. The molecule has 0 aliphatic carbocycles. The predicted octanol–water partition coefficient (Wildman–Crippen LogP) is 3.07. The van der Waals surface area contributed by atoms with Gasteiger partial charge in [0.25, 0.3) is 0 Å². The first-order valence-electron chi connectivity index (χ1n) is 7.43. The molecule has 0 unspecified atom stereocenters. The highest BCUT2D eigenvalue weighted by atomic mass is 16.5. The van der Waals surface area contributed by atoms with E-state index in [0.29, 0.717) is 35.8 Å². The van der Waals surface area contributed by atoms with Crippen molar-refractivity contribution in [3.63, 3.8) is 0 Å². The van der Waals surface area contributed by atoms with Crippen molar-refractivity contribution >= 4 is 5.97 Å². The van der Waals surface area contributed by atoms with Gasteiger partial charge in [-0.25, -0.2) is 4.79 Å². The minimum absolute atomic E-state index is 0.166. The summed E-state index contributed by atoms with van der Waals surface area (Å²) in [6.07, 6.45) is 1.50. The van der Waals surface area contributed by atoms with Gasteiger partial charge in [-0.05, 0) is 61.4 Å². The van der Waals surface area contributed by atoms with Crippen molar-refractivity contribution in [1.29, 1.82) is 0 Å². The maximum atomic E-state index is 12.1. The molecule has 0 radical (unpaired) electrons. The van der Waals surface area contributed by atoms with Gasteiger partial charge in [0.2, 0.25) is 0 Å². The number of hydrogen-bond acceptors (Lipinski definition) is 5. The molecule has 0 saturated heterocycles. The van der Waals surface area contributed by atoms with E-state index in [9.17, 15) is 4.79 Å². The monoisotopic (exact) mass is 316 g/mol. The average molecular weight is 316 g/mol. The molecule has 0 atom stereocenters. The zero-order valence-electron chi connectivity index (χ0n) is 13.0. The fourth-order valence-electron chi connectivity index (χ4n) is 1.90. The molecule has 0 amide bonds. The maximum absolute atomic E-state index is 12.1. The van der Waals surface area contributed by atoms with Crippen molar-refractivity contribution in [2.75, 3.05) is 20.3 Å². The Balaban J connectivity index is 1.88. The number of carbonyl (C=O) groups excluding carboxylic acids is 1. The summed E-state index contributed by atoms with van der Waals surface area (Å²) >= 11 is 0. The average Bonchev–Trinajstić information content (AvgIpc) is 2.60. The smallest absolute Gasteiger partial charge is 0.343 e. The van der Waals surface area contributed by atoms with Crippen LogP contribution in [0.25, 0.3) is 0 Å². The number of carbonyl (C=O) groups is 1. The van der Waals surface area contributed by atoms with Gasteiger partial charge in [-0.2, -0.15) is 0 Å². The zero-order chi connectivity index (χ0) is 16.5. The Hall–Kier alpha value is -2.53. The van der Waals surface area contributed by atoms with E-state index in [2.05, 4.69) is 0 Å². The quantitative estimate of drug-likeness (QED) is 0.460. The molecule has 5 nitrogen and oxygen atoms in total. The summed E-state index contributed by atoms with van der Waals surface area (Å²) in [6.45, 7) is 0.704. The van der Waals surface area contributed by atoms with Gasteiger partial charge in [-0.1, -0.05) is 0 Å². The Kier molecular flexibility index (Phi) is 6.44. The number of esters is 1. The summed E-state index contributed by atoms with van der Waals surface area (Å²) < 4.78 is 15.9. The van der Waals surface area contributed by atoms with Gasteiger partial charge in [0.1, 0.15) is 17.2 Å². The Morgan fingerprint density at radius 1 is 0.913 bits per heavy atom. The van der Waals surface area contributed by atoms with Crippen molar-refractivity contribution in [3.8, 4) is 17.2 Å². The second kappa shape index (κ2) is 8.80. The fourth-order valence-corrected chi connectivity index (χ4v) is 1.90. The molecule has 0 aliphatic heterocycles. The summed E-state index contributed by atoms with van der Waals surface area (Å²) in [5.74, 6) is 1.42. The minimum Gasteiger partial charge on any atom is -0.497 e. The van der Waals surface area contributed by atoms with E-state index >= 15 is 0 Å². The third kappa shape index (κ3) is 5.30. The van der Waals surface area contributed by atoms with Gasteiger partial charge < -0.3 is 19.3 Å². The third-order valence-corrected chi connectivity index (χ3v) is 3.18. The molecule has 0 aliphatic rings. The number of rotatable bonds is 8. The molecule has 0 saturated carbocycles. The zero-order valence-corrected chi connectivity index (χ0v) is 13.0. The highest BCUT2D eigenvalue weighted by Gasteiger charge is 2.09. The highest BCUT2D eigenvalue weighted by molar-refractivity contribution is 5.91. The van der Waals surface area contributed by atoms with E-state index < -0.39 is 5.97 Å². The van der Waals surface area contributed by atoms with Gasteiger partial charge in [0.05, 0.1) is 19.3 Å². The molecule has 0 aromatic heterocycles. The normalized spacial score (nSPS) is 10.2. The maximum Gasteiger partial charge on any atom is 0.343 e. The Labute approximate surface area is 135 Å². The molecular weight excluding hydrogens is 296 g/mol. The van der Waals surface area contributed by atoms with E-state index in [1.807, 2.05) is 0 Å². The molecule has 0 fully saturated rings. The molecule has 2 rings (SSSR count). The van der Waals surface area contributed by atoms with Crippen molar-refractivity contribution in [3.05, 3.63) is 54.1 Å². The van der Waals surface area contributed by atoms with Crippen LogP contribution in [0.5, 0.6) is 17.2 Å². The number of aliphatic hydroxyl groups is 1. The number of methoxy groups -OCH3 is 1. The number of ether oxygens (including phenoxy) is 3. The number of hydrogen-bond donors (Lipinski definition) is 1. The van der Waals surface area contributed by atoms with Crippen LogP contribution in [0.3, 0.4) is 0 Å². The Morgan fingerprint density at radius 3 is 2.13 bits per heavy atom. The molecule has 0 bridgehead atoms. The second-order valence-electron chi connectivity index (χ2n) is 4.87. The lowest BCUT2D eigenvalue weighted by molar-refractivity contribution is 0.0734. The summed E-state index contributed by atoms with van der Waals surface area (Å²) in [7, 11) is 1.58. The fraction of sp³-hybridized carbons (Fsp3) is 0.278. The van der Waals surface area contributed by atoms with Crippen LogP contribution in [0, 0.1) is 0 Å². The van der Waals surface area contributed by atoms with Crippen LogP contribution in [0.2, 0.25) is 0 Å². The van der Waals surface area contributed by atoms with E-state index in [4.69, 9.17) is 19.3 Å². The van der Waals surface area contributed by atoms with E-state index in [0.717, 1.165) is 6.42 Å². The van der Waals surface area contributed by atoms with Gasteiger partial charge in [-0.3, -0.25) is 0 Å². The number of aliphatic hydroxyl groups excluding tert-OH is 1. The van der Waals surface area contributed by atoms with Crippen LogP contribution in [0.1, 0.15) is 23.2 Å². The first-order chi connectivity index (χ1) is 11.2. The van der Waals surface area contributed by atoms with Crippen LogP contribution < -0.4 is 14.2 Å². The van der Waals surface area contributed by atoms with E-state index in [1.54, 1.807) is 55.6 Å². The highest BCUT2D eigenvalue weighted by Crippen LogP contribution is 2.19. The largest absolute Gasteiger partial charge is 0.497 e. The molecule has 23 heavy (non-hydrogen) atoms. The number of unbranched alkanes of at least 4 members (excludes halogenated alkanes) is 1. The van der Waals surface area contributed by atoms with Gasteiger partial charge >= 0.3 is 5.97 Å². The Bertz CT molecular complexity index is 604. The summed E-state index contributed by atoms with van der Waals surface area (Å²) in [4.78, 5) is 12.1. The standard InChI is InChI=1S/C18H20O5/c1-21-15-8-10-17(11-9-15)23-18(20)14-4-6-16(7-5-14)22-13-3-2-12-19/h4-11,19H,2-3,12-13H2,1H3. The topological polar surface area (TPSA) is 65.0 Å². The Morgan fingerprint density at radius 2 is 1.52 bits per heavy atom. The molecule has 0 spiro atoms. The SMILES string of the molecule is COc1ccc(OC(=O)c2ccc(OCCCCO)cc2)cc1. The van der Waals surface area contributed by atoms with Gasteiger partial charge in [0.15, 0.2) is 0 Å². The summed E-state index contributed by atoms with van der Waals surface area (Å²) in [5.41, 5.74) is 0.448. The lowest BCUT2D eigenvalue weighted by Gasteiger charge is -2.07. The van der Waals surface area contributed by atoms with Crippen molar-refractivity contribution in [2.45, 2.75) is 12.8 Å². The van der Waals surface area contributed by atoms with Crippen molar-refractivity contribution in [2.24, 2.45) is 0 Å². The van der Waals surface area contributed by atoms with E-state index in [1.165, 1.54) is 0 Å². The van der Waals surface area contributed by atoms with Crippen LogP contribution in [0.4, 0.5) is 0 Å². The predicted molar refractivity (Wildman–Crippen MR) is 86.2 cm³/mol. The van der Waals surface area contributed by atoms with Gasteiger partial charge in [-0.15, -0.1) is 0 Å². The molecule has 0 heterocycles. The van der Waals surface area contributed by atoms with Crippen LogP contribution >= 0.6 is 0 Å². The molecule has 5 heteroatoms. The molecule has 122 valence electrons. The summed E-state index contributed by atoms with van der Waals surface area (Å²) in [6, 6.07) is 13.6. The van der Waals surface area contributed by atoms with Crippen LogP contribution in [0.15, 0.2) is 48.5 Å². The third-order valence-electron chi connectivity index (χ3n) is 3.18. The molecule has 2 aromatic rings. The second-order valence-corrected chi connectivity index (χ2v) is 4.87. The van der Waals surface area contributed by atoms with E-state index in [-0.39, 0.29) is 6.61 Å². The van der Waals surface area contributed by atoms with Crippen LogP contribution in [-0.2, 0) is 0 Å². The molecule has 2 aromatic carbocycles. The van der Waals surface area contributed by atoms with Crippen LogP contribution in [-0.4, -0.2) is 31.4 Å². The molecular formula is C18H20O5.